The molecule has 0 heterocycles. The van der Waals surface area contributed by atoms with Crippen LogP contribution < -0.4 is 5.73 Å². The summed E-state index contributed by atoms with van der Waals surface area (Å²) in [7, 11) is 0. The number of nitrogens with two attached hydrogens (primary N) is 1. The maximum absolute atomic E-state index is 12.9. The number of carboxylic acid groups (broad SMARTS) is 1. The first-order valence-electron chi connectivity index (χ1n) is 3.35. The Morgan fingerprint density at radius 3 is 2.58 bits per heavy atom. The number of benzene rings is 1. The van der Waals surface area contributed by atoms with E-state index < -0.39 is 17.8 Å². The largest absolute Gasteiger partial charge is 0.480 e. The summed E-state index contributed by atoms with van der Waals surface area (Å²) < 4.78 is 12.9. The molecule has 1 rings (SSSR count). The maximum Gasteiger partial charge on any atom is 0.325 e. The van der Waals surface area contributed by atoms with Gasteiger partial charge < -0.3 is 10.8 Å². The lowest BCUT2D eigenvalue weighted by atomic mass is 10.1. The predicted octanol–water partition coefficient (Wildman–Crippen LogP) is 0.910. The average Bonchev–Trinajstić information content (AvgIpc) is 2.04. The fraction of sp³-hybridized carbons (Fsp3) is 0.125. The third-order valence-corrected chi connectivity index (χ3v) is 1.51. The summed E-state index contributed by atoms with van der Waals surface area (Å²) in [6, 6.07) is 4.27. The molecule has 0 amide bonds. The molecular weight excluding hydrogens is 161 g/mol. The minimum atomic E-state index is -1.29. The van der Waals surface area contributed by atoms with Gasteiger partial charge in [-0.15, -0.1) is 0 Å². The van der Waals surface area contributed by atoms with Gasteiger partial charge in [-0.25, -0.2) is 4.39 Å². The Labute approximate surface area is 68.6 Å². The monoisotopic (exact) mass is 169 g/mol. The second-order valence-corrected chi connectivity index (χ2v) is 2.34. The Hall–Kier alpha value is -1.42. The summed E-state index contributed by atoms with van der Waals surface area (Å²) in [4.78, 5) is 10.4. The highest BCUT2D eigenvalue weighted by Crippen LogP contribution is 2.13. The number of rotatable bonds is 2. The van der Waals surface area contributed by atoms with Gasteiger partial charge in [0.05, 0.1) is 0 Å². The summed E-state index contributed by atoms with van der Waals surface area (Å²) in [5, 5.41) is 8.47. The molecule has 4 heteroatoms. The molecule has 0 bridgehead atoms. The molecule has 1 aromatic rings. The molecule has 0 radical (unpaired) electrons. The van der Waals surface area contributed by atoms with Crippen LogP contribution >= 0.6 is 0 Å². The van der Waals surface area contributed by atoms with E-state index in [9.17, 15) is 9.18 Å². The number of carbonyl (C=O) groups is 1. The van der Waals surface area contributed by atoms with Crippen molar-refractivity contribution in [2.24, 2.45) is 5.73 Å². The van der Waals surface area contributed by atoms with E-state index in [1.807, 2.05) is 0 Å². The van der Waals surface area contributed by atoms with Gasteiger partial charge in [0.15, 0.2) is 0 Å². The highest BCUT2D eigenvalue weighted by Gasteiger charge is 2.17. The molecule has 0 aliphatic heterocycles. The van der Waals surface area contributed by atoms with Gasteiger partial charge >= 0.3 is 5.97 Å². The Morgan fingerprint density at radius 1 is 1.50 bits per heavy atom. The van der Waals surface area contributed by atoms with Crippen LogP contribution in [0.15, 0.2) is 24.3 Å². The van der Waals surface area contributed by atoms with Crippen LogP contribution in [0, 0.1) is 5.82 Å². The molecule has 0 unspecified atom stereocenters. The standard InChI is InChI=1S/C8H8FNO2/c9-6-4-2-1-3-5(6)7(10)8(11)12/h1-4,7H,10H2,(H,11,12)/t7-/m1/s1. The quantitative estimate of drug-likeness (QED) is 0.691. The van der Waals surface area contributed by atoms with Gasteiger partial charge in [0.2, 0.25) is 0 Å². The van der Waals surface area contributed by atoms with Crippen LogP contribution in [0.2, 0.25) is 0 Å². The SMILES string of the molecule is N[C@@H](C(=O)O)c1ccccc1F. The maximum atomic E-state index is 12.9. The fourth-order valence-corrected chi connectivity index (χ4v) is 0.860. The van der Waals surface area contributed by atoms with Crippen molar-refractivity contribution < 1.29 is 14.3 Å². The van der Waals surface area contributed by atoms with Gasteiger partial charge in [-0.05, 0) is 6.07 Å². The molecule has 0 fully saturated rings. The third kappa shape index (κ3) is 1.60. The first kappa shape index (κ1) is 8.67. The fourth-order valence-electron chi connectivity index (χ4n) is 0.860. The van der Waals surface area contributed by atoms with Crippen LogP contribution in [-0.4, -0.2) is 11.1 Å². The van der Waals surface area contributed by atoms with Crippen LogP contribution in [0.4, 0.5) is 4.39 Å². The van der Waals surface area contributed by atoms with E-state index in [2.05, 4.69) is 0 Å². The average molecular weight is 169 g/mol. The Morgan fingerprint density at radius 2 is 2.08 bits per heavy atom. The van der Waals surface area contributed by atoms with Crippen molar-refractivity contribution >= 4 is 5.97 Å². The van der Waals surface area contributed by atoms with Crippen molar-refractivity contribution in [1.82, 2.24) is 0 Å². The van der Waals surface area contributed by atoms with E-state index in [-0.39, 0.29) is 5.56 Å². The van der Waals surface area contributed by atoms with Crippen molar-refractivity contribution in [3.05, 3.63) is 35.6 Å². The minimum absolute atomic E-state index is 0.00463. The van der Waals surface area contributed by atoms with Crippen molar-refractivity contribution in [2.75, 3.05) is 0 Å². The zero-order valence-electron chi connectivity index (χ0n) is 6.20. The minimum Gasteiger partial charge on any atom is -0.480 e. The Balaban J connectivity index is 3.02. The van der Waals surface area contributed by atoms with Crippen LogP contribution in [0.5, 0.6) is 0 Å². The molecule has 0 aromatic heterocycles. The second-order valence-electron chi connectivity index (χ2n) is 2.34. The second kappa shape index (κ2) is 3.32. The lowest BCUT2D eigenvalue weighted by molar-refractivity contribution is -0.138. The van der Waals surface area contributed by atoms with E-state index in [4.69, 9.17) is 10.8 Å². The summed E-state index contributed by atoms with van der Waals surface area (Å²) in [6.07, 6.45) is 0. The van der Waals surface area contributed by atoms with Crippen LogP contribution in [0.3, 0.4) is 0 Å². The van der Waals surface area contributed by atoms with Gasteiger partial charge in [0.25, 0.3) is 0 Å². The van der Waals surface area contributed by atoms with Crippen molar-refractivity contribution in [1.29, 1.82) is 0 Å². The summed E-state index contributed by atoms with van der Waals surface area (Å²) in [5.41, 5.74) is 5.20. The van der Waals surface area contributed by atoms with E-state index in [0.29, 0.717) is 0 Å². The molecule has 0 aliphatic carbocycles. The predicted molar refractivity (Wildman–Crippen MR) is 41.0 cm³/mol. The van der Waals surface area contributed by atoms with Gasteiger partial charge in [-0.3, -0.25) is 4.79 Å². The summed E-state index contributed by atoms with van der Waals surface area (Å²) in [5.74, 6) is -1.83. The van der Waals surface area contributed by atoms with Crippen LogP contribution in [0.25, 0.3) is 0 Å². The normalized spacial score (nSPS) is 12.5. The summed E-state index contributed by atoms with van der Waals surface area (Å²) in [6.45, 7) is 0. The number of halogens is 1. The molecular formula is C8H8FNO2. The van der Waals surface area contributed by atoms with Crippen molar-refractivity contribution in [3.8, 4) is 0 Å². The summed E-state index contributed by atoms with van der Waals surface area (Å²) >= 11 is 0. The number of aliphatic carboxylic acids is 1. The van der Waals surface area contributed by atoms with Crippen LogP contribution in [-0.2, 0) is 4.79 Å². The van der Waals surface area contributed by atoms with Gasteiger partial charge in [0, 0.05) is 5.56 Å². The smallest absolute Gasteiger partial charge is 0.325 e. The van der Waals surface area contributed by atoms with E-state index >= 15 is 0 Å². The lowest BCUT2D eigenvalue weighted by Gasteiger charge is -2.06. The Kier molecular flexibility index (Phi) is 2.40. The highest BCUT2D eigenvalue weighted by atomic mass is 19.1. The van der Waals surface area contributed by atoms with Crippen molar-refractivity contribution in [3.63, 3.8) is 0 Å². The van der Waals surface area contributed by atoms with Crippen LogP contribution in [0.1, 0.15) is 11.6 Å². The first-order valence-corrected chi connectivity index (χ1v) is 3.35. The molecule has 0 saturated carbocycles. The molecule has 64 valence electrons. The molecule has 1 atom stereocenters. The van der Waals surface area contributed by atoms with E-state index in [1.165, 1.54) is 18.2 Å². The zero-order chi connectivity index (χ0) is 9.14. The number of hydrogen-bond donors (Lipinski definition) is 2. The number of carboxylic acids is 1. The van der Waals surface area contributed by atoms with E-state index in [0.717, 1.165) is 0 Å². The zero-order valence-corrected chi connectivity index (χ0v) is 6.20. The van der Waals surface area contributed by atoms with Gasteiger partial charge in [0.1, 0.15) is 11.9 Å². The third-order valence-electron chi connectivity index (χ3n) is 1.51. The number of hydrogen-bond acceptors (Lipinski definition) is 2. The van der Waals surface area contributed by atoms with Crippen molar-refractivity contribution in [2.45, 2.75) is 6.04 Å². The topological polar surface area (TPSA) is 63.3 Å². The first-order chi connectivity index (χ1) is 5.63. The molecule has 0 spiro atoms. The Bertz CT molecular complexity index is 301. The molecule has 0 saturated heterocycles. The molecule has 0 aliphatic rings. The molecule has 12 heavy (non-hydrogen) atoms. The molecule has 3 N–H and O–H groups in total. The highest BCUT2D eigenvalue weighted by molar-refractivity contribution is 5.75. The molecule has 1 aromatic carbocycles. The van der Waals surface area contributed by atoms with Gasteiger partial charge in [-0.1, -0.05) is 18.2 Å². The molecule has 3 nitrogen and oxygen atoms in total. The van der Waals surface area contributed by atoms with E-state index in [1.54, 1.807) is 6.07 Å². The lowest BCUT2D eigenvalue weighted by Crippen LogP contribution is -2.21. The van der Waals surface area contributed by atoms with Gasteiger partial charge in [-0.2, -0.15) is 0 Å².